The molecule has 1 aromatic carbocycles. The number of anilines is 1. The molecule has 0 saturated carbocycles. The lowest BCUT2D eigenvalue weighted by Gasteiger charge is -2.04. The number of H-pyrrole nitrogens is 1. The smallest absolute Gasteiger partial charge is 0.252 e. The number of hydrogen-bond donors (Lipinski definition) is 2. The Balaban J connectivity index is 2.15. The standard InChI is InChI=1S/C15H18N4O/c1-4-12-5-7-13(8-6-12)11(3)18-19-15-16-10(2)9-14(20)17-15/h5-9H,4H2,1-3H3,(H2,16,17,19,20). The normalized spacial score (nSPS) is 11.4. The van der Waals surface area contributed by atoms with Gasteiger partial charge in [-0.25, -0.2) is 10.4 Å². The molecule has 0 unspecified atom stereocenters. The van der Waals surface area contributed by atoms with Gasteiger partial charge in [0.25, 0.3) is 5.56 Å². The van der Waals surface area contributed by atoms with Crippen molar-refractivity contribution in [2.24, 2.45) is 5.10 Å². The zero-order chi connectivity index (χ0) is 14.5. The van der Waals surface area contributed by atoms with Crippen LogP contribution in [0.4, 0.5) is 5.95 Å². The van der Waals surface area contributed by atoms with Crippen LogP contribution in [0.5, 0.6) is 0 Å². The maximum Gasteiger partial charge on any atom is 0.252 e. The number of hydrazone groups is 1. The van der Waals surface area contributed by atoms with Crippen molar-refractivity contribution >= 4 is 11.7 Å². The van der Waals surface area contributed by atoms with Gasteiger partial charge in [0.1, 0.15) is 0 Å². The molecule has 0 amide bonds. The van der Waals surface area contributed by atoms with Crippen LogP contribution < -0.4 is 11.0 Å². The molecular formula is C15H18N4O. The van der Waals surface area contributed by atoms with Gasteiger partial charge in [0.2, 0.25) is 5.95 Å². The number of benzene rings is 1. The van der Waals surface area contributed by atoms with E-state index < -0.39 is 0 Å². The lowest BCUT2D eigenvalue weighted by molar-refractivity contribution is 1.04. The minimum atomic E-state index is -0.194. The van der Waals surface area contributed by atoms with E-state index >= 15 is 0 Å². The van der Waals surface area contributed by atoms with Crippen molar-refractivity contribution in [2.75, 3.05) is 5.43 Å². The number of nitrogens with zero attached hydrogens (tertiary/aromatic N) is 2. The van der Waals surface area contributed by atoms with Crippen molar-refractivity contribution in [1.29, 1.82) is 0 Å². The summed E-state index contributed by atoms with van der Waals surface area (Å²) in [4.78, 5) is 18.1. The zero-order valence-corrected chi connectivity index (χ0v) is 11.9. The molecule has 2 N–H and O–H groups in total. The summed E-state index contributed by atoms with van der Waals surface area (Å²) in [5.74, 6) is 0.347. The molecule has 1 heterocycles. The summed E-state index contributed by atoms with van der Waals surface area (Å²) < 4.78 is 0. The molecule has 2 aromatic rings. The fraction of sp³-hybridized carbons (Fsp3) is 0.267. The van der Waals surface area contributed by atoms with Gasteiger partial charge in [-0.15, -0.1) is 0 Å². The van der Waals surface area contributed by atoms with Gasteiger partial charge in [-0.05, 0) is 31.4 Å². The molecule has 5 nitrogen and oxygen atoms in total. The summed E-state index contributed by atoms with van der Waals surface area (Å²) in [5.41, 5.74) is 6.38. The van der Waals surface area contributed by atoms with E-state index in [0.29, 0.717) is 11.6 Å². The van der Waals surface area contributed by atoms with E-state index in [0.717, 1.165) is 17.7 Å². The molecule has 1 aromatic heterocycles. The minimum Gasteiger partial charge on any atom is -0.291 e. The average molecular weight is 270 g/mol. The summed E-state index contributed by atoms with van der Waals surface area (Å²) in [6.07, 6.45) is 1.02. The minimum absolute atomic E-state index is 0.194. The Kier molecular flexibility index (Phi) is 4.30. The van der Waals surface area contributed by atoms with Crippen LogP contribution >= 0.6 is 0 Å². The predicted molar refractivity (Wildman–Crippen MR) is 81.2 cm³/mol. The Morgan fingerprint density at radius 3 is 2.65 bits per heavy atom. The monoisotopic (exact) mass is 270 g/mol. The Morgan fingerprint density at radius 2 is 2.05 bits per heavy atom. The number of aryl methyl sites for hydroxylation is 2. The predicted octanol–water partition coefficient (Wildman–Crippen LogP) is 2.48. The van der Waals surface area contributed by atoms with E-state index in [4.69, 9.17) is 0 Å². The maximum absolute atomic E-state index is 11.3. The number of aromatic amines is 1. The molecule has 0 aliphatic heterocycles. The molecule has 0 saturated heterocycles. The molecule has 0 aliphatic carbocycles. The maximum atomic E-state index is 11.3. The van der Waals surface area contributed by atoms with Gasteiger partial charge >= 0.3 is 0 Å². The first kappa shape index (κ1) is 14.0. The van der Waals surface area contributed by atoms with Crippen LogP contribution in [0.1, 0.15) is 30.7 Å². The van der Waals surface area contributed by atoms with Crippen molar-refractivity contribution < 1.29 is 0 Å². The van der Waals surface area contributed by atoms with Crippen molar-refractivity contribution in [3.8, 4) is 0 Å². The number of hydrogen-bond acceptors (Lipinski definition) is 4. The van der Waals surface area contributed by atoms with E-state index in [-0.39, 0.29) is 5.56 Å². The second-order valence-electron chi connectivity index (χ2n) is 4.59. The molecule has 20 heavy (non-hydrogen) atoms. The van der Waals surface area contributed by atoms with Crippen LogP contribution in [0.3, 0.4) is 0 Å². The summed E-state index contributed by atoms with van der Waals surface area (Å²) >= 11 is 0. The van der Waals surface area contributed by atoms with Crippen molar-refractivity contribution in [3.63, 3.8) is 0 Å². The van der Waals surface area contributed by atoms with Gasteiger partial charge in [-0.2, -0.15) is 5.10 Å². The number of nitrogens with one attached hydrogen (secondary N) is 2. The van der Waals surface area contributed by atoms with E-state index in [2.05, 4.69) is 39.6 Å². The summed E-state index contributed by atoms with van der Waals surface area (Å²) in [6, 6.07) is 9.67. The lowest BCUT2D eigenvalue weighted by atomic mass is 10.1. The molecule has 2 rings (SSSR count). The third-order valence-corrected chi connectivity index (χ3v) is 2.98. The fourth-order valence-corrected chi connectivity index (χ4v) is 1.82. The first-order valence-electron chi connectivity index (χ1n) is 6.56. The van der Waals surface area contributed by atoms with Gasteiger partial charge in [-0.3, -0.25) is 9.78 Å². The highest BCUT2D eigenvalue weighted by molar-refractivity contribution is 5.99. The largest absolute Gasteiger partial charge is 0.291 e. The number of aromatic nitrogens is 2. The molecule has 0 radical (unpaired) electrons. The van der Waals surface area contributed by atoms with Crippen LogP contribution in [0.15, 0.2) is 40.2 Å². The molecule has 0 aliphatic rings. The van der Waals surface area contributed by atoms with Crippen LogP contribution in [-0.2, 0) is 6.42 Å². The highest BCUT2D eigenvalue weighted by Crippen LogP contribution is 2.07. The SMILES string of the molecule is CCc1ccc(C(C)=NNc2nc(C)cc(=O)[nH]2)cc1. The Hall–Kier alpha value is -2.43. The Labute approximate surface area is 117 Å². The molecule has 104 valence electrons. The number of rotatable bonds is 4. The fourth-order valence-electron chi connectivity index (χ4n) is 1.82. The van der Waals surface area contributed by atoms with Gasteiger partial charge in [0, 0.05) is 11.8 Å². The average Bonchev–Trinajstić information content (AvgIpc) is 2.44. The van der Waals surface area contributed by atoms with Gasteiger partial charge in [0.05, 0.1) is 5.71 Å². The van der Waals surface area contributed by atoms with Crippen molar-refractivity contribution in [3.05, 3.63) is 57.5 Å². The van der Waals surface area contributed by atoms with Crippen LogP contribution in [0.2, 0.25) is 0 Å². The van der Waals surface area contributed by atoms with Gasteiger partial charge in [0.15, 0.2) is 0 Å². The second-order valence-corrected chi connectivity index (χ2v) is 4.59. The Morgan fingerprint density at radius 1 is 1.35 bits per heavy atom. The highest BCUT2D eigenvalue weighted by atomic mass is 16.1. The van der Waals surface area contributed by atoms with Crippen LogP contribution in [0, 0.1) is 6.92 Å². The topological polar surface area (TPSA) is 70.1 Å². The molecule has 0 fully saturated rings. The quantitative estimate of drug-likeness (QED) is 0.662. The lowest BCUT2D eigenvalue weighted by Crippen LogP contribution is -2.11. The van der Waals surface area contributed by atoms with Crippen LogP contribution in [0.25, 0.3) is 0 Å². The molecule has 0 bridgehead atoms. The van der Waals surface area contributed by atoms with E-state index in [1.165, 1.54) is 11.6 Å². The second kappa shape index (κ2) is 6.14. The first-order chi connectivity index (χ1) is 9.58. The van der Waals surface area contributed by atoms with Gasteiger partial charge in [-0.1, -0.05) is 31.2 Å². The molecular weight excluding hydrogens is 252 g/mol. The molecule has 5 heteroatoms. The molecule has 0 spiro atoms. The van der Waals surface area contributed by atoms with E-state index in [1.807, 2.05) is 19.1 Å². The van der Waals surface area contributed by atoms with E-state index in [9.17, 15) is 4.79 Å². The van der Waals surface area contributed by atoms with E-state index in [1.54, 1.807) is 6.92 Å². The molecule has 0 atom stereocenters. The first-order valence-corrected chi connectivity index (χ1v) is 6.56. The van der Waals surface area contributed by atoms with Crippen molar-refractivity contribution in [1.82, 2.24) is 9.97 Å². The van der Waals surface area contributed by atoms with Crippen molar-refractivity contribution in [2.45, 2.75) is 27.2 Å². The highest BCUT2D eigenvalue weighted by Gasteiger charge is 1.99. The van der Waals surface area contributed by atoms with Crippen LogP contribution in [-0.4, -0.2) is 15.7 Å². The third kappa shape index (κ3) is 3.54. The zero-order valence-electron chi connectivity index (χ0n) is 11.9. The summed E-state index contributed by atoms with van der Waals surface area (Å²) in [5, 5.41) is 4.24. The Bertz CT molecular complexity index is 671. The van der Waals surface area contributed by atoms with Gasteiger partial charge < -0.3 is 0 Å². The third-order valence-electron chi connectivity index (χ3n) is 2.98. The summed E-state index contributed by atoms with van der Waals surface area (Å²) in [6.45, 7) is 5.79. The summed E-state index contributed by atoms with van der Waals surface area (Å²) in [7, 11) is 0.